The van der Waals surface area contributed by atoms with Gasteiger partial charge in [0.05, 0.1) is 5.69 Å². The Bertz CT molecular complexity index is 1080. The zero-order valence-corrected chi connectivity index (χ0v) is 15.9. The monoisotopic (exact) mass is 410 g/mol. The lowest BCUT2D eigenvalue weighted by atomic mass is 10.2. The van der Waals surface area contributed by atoms with Crippen LogP contribution in [-0.4, -0.2) is 23.3 Å². The number of para-hydroxylation sites is 1. The van der Waals surface area contributed by atoms with Crippen LogP contribution in [0.3, 0.4) is 0 Å². The summed E-state index contributed by atoms with van der Waals surface area (Å²) < 4.78 is 23.6. The third-order valence-electron chi connectivity index (χ3n) is 4.08. The van der Waals surface area contributed by atoms with Crippen LogP contribution < -0.4 is 5.32 Å². The van der Waals surface area contributed by atoms with Gasteiger partial charge in [-0.3, -0.25) is 4.79 Å². The highest BCUT2D eigenvalue weighted by atomic mass is 32.1. The van der Waals surface area contributed by atoms with Crippen LogP contribution in [0, 0.1) is 5.82 Å². The van der Waals surface area contributed by atoms with Gasteiger partial charge in [0.1, 0.15) is 17.4 Å². The summed E-state index contributed by atoms with van der Waals surface area (Å²) in [4.78, 5) is 28.9. The van der Waals surface area contributed by atoms with E-state index in [9.17, 15) is 14.0 Å². The van der Waals surface area contributed by atoms with Crippen LogP contribution >= 0.6 is 11.3 Å². The summed E-state index contributed by atoms with van der Waals surface area (Å²) in [6.45, 7) is -0.309. The number of benzene rings is 2. The molecule has 1 aliphatic rings. The third-order valence-corrected chi connectivity index (χ3v) is 5.02. The minimum Gasteiger partial charge on any atom is -0.470 e. The first kappa shape index (κ1) is 18.8. The Morgan fingerprint density at radius 3 is 2.69 bits per heavy atom. The summed E-state index contributed by atoms with van der Waals surface area (Å²) in [5.74, 6) is -1.46. The van der Waals surface area contributed by atoms with Crippen molar-refractivity contribution in [3.63, 3.8) is 0 Å². The van der Waals surface area contributed by atoms with Crippen molar-refractivity contribution >= 4 is 28.8 Å². The summed E-state index contributed by atoms with van der Waals surface area (Å²) in [6, 6.07) is 15.0. The predicted molar refractivity (Wildman–Crippen MR) is 105 cm³/mol. The first-order chi connectivity index (χ1) is 14.1. The Labute approximate surface area is 169 Å². The first-order valence-corrected chi connectivity index (χ1v) is 9.58. The fraction of sp³-hybridized carbons (Fsp3) is 0.0952. The number of carbonyl (C=O) groups is 2. The molecule has 29 heavy (non-hydrogen) atoms. The van der Waals surface area contributed by atoms with E-state index in [-0.39, 0.29) is 30.5 Å². The number of nitrogens with one attached hydrogen (secondary N) is 1. The minimum atomic E-state index is -0.776. The smallest absolute Gasteiger partial charge is 0.347 e. The molecule has 0 spiro atoms. The van der Waals surface area contributed by atoms with Crippen molar-refractivity contribution in [1.29, 1.82) is 0 Å². The standard InChI is InChI=1S/C21H15FN2O4S/c22-14-8-6-13(7-9-14)20-24-16(12-29-20)10-28-21(26)18-17(25)11-27-19(18)23-15-4-2-1-3-5-15/h1-9,12,23H,10-11H2. The van der Waals surface area contributed by atoms with Crippen LogP contribution in [0.15, 0.2) is 71.4 Å². The fourth-order valence-corrected chi connectivity index (χ4v) is 3.49. The highest BCUT2D eigenvalue weighted by Gasteiger charge is 2.32. The van der Waals surface area contributed by atoms with Crippen LogP contribution in [0.25, 0.3) is 10.6 Å². The van der Waals surface area contributed by atoms with Crippen molar-refractivity contribution in [2.45, 2.75) is 6.61 Å². The number of nitrogens with zero attached hydrogens (tertiary/aromatic N) is 1. The summed E-state index contributed by atoms with van der Waals surface area (Å²) in [6.07, 6.45) is 0. The summed E-state index contributed by atoms with van der Waals surface area (Å²) in [5, 5.41) is 5.35. The SMILES string of the molecule is O=C1COC(Nc2ccccc2)=C1C(=O)OCc1csc(-c2ccc(F)cc2)n1. The number of rotatable bonds is 6. The number of anilines is 1. The number of hydrogen-bond donors (Lipinski definition) is 1. The van der Waals surface area contributed by atoms with Gasteiger partial charge in [-0.25, -0.2) is 14.2 Å². The summed E-state index contributed by atoms with van der Waals surface area (Å²) in [5.41, 5.74) is 1.84. The lowest BCUT2D eigenvalue weighted by molar-refractivity contribution is -0.141. The fourth-order valence-electron chi connectivity index (χ4n) is 2.68. The van der Waals surface area contributed by atoms with E-state index in [2.05, 4.69) is 10.3 Å². The molecule has 0 saturated carbocycles. The quantitative estimate of drug-likeness (QED) is 0.490. The second kappa shape index (κ2) is 8.24. The number of ether oxygens (including phenoxy) is 2. The maximum Gasteiger partial charge on any atom is 0.347 e. The molecule has 4 rings (SSSR count). The van der Waals surface area contributed by atoms with Gasteiger partial charge < -0.3 is 14.8 Å². The van der Waals surface area contributed by atoms with Crippen molar-refractivity contribution in [3.05, 3.63) is 82.9 Å². The first-order valence-electron chi connectivity index (χ1n) is 8.70. The molecular formula is C21H15FN2O4S. The molecule has 0 saturated heterocycles. The molecule has 6 nitrogen and oxygen atoms in total. The van der Waals surface area contributed by atoms with E-state index < -0.39 is 11.8 Å². The van der Waals surface area contributed by atoms with Crippen molar-refractivity contribution in [1.82, 2.24) is 4.98 Å². The van der Waals surface area contributed by atoms with E-state index in [1.165, 1.54) is 23.5 Å². The molecule has 2 aromatic carbocycles. The van der Waals surface area contributed by atoms with Crippen molar-refractivity contribution in [3.8, 4) is 10.6 Å². The molecule has 8 heteroatoms. The van der Waals surface area contributed by atoms with Crippen LogP contribution in [0.4, 0.5) is 10.1 Å². The topological polar surface area (TPSA) is 77.5 Å². The molecule has 0 bridgehead atoms. The van der Waals surface area contributed by atoms with E-state index in [4.69, 9.17) is 9.47 Å². The maximum atomic E-state index is 13.0. The van der Waals surface area contributed by atoms with Gasteiger partial charge in [0.2, 0.25) is 11.7 Å². The van der Waals surface area contributed by atoms with Gasteiger partial charge in [0, 0.05) is 16.6 Å². The predicted octanol–water partition coefficient (Wildman–Crippen LogP) is 3.92. The molecule has 0 radical (unpaired) electrons. The van der Waals surface area contributed by atoms with Gasteiger partial charge in [-0.2, -0.15) is 0 Å². The Morgan fingerprint density at radius 2 is 1.93 bits per heavy atom. The van der Waals surface area contributed by atoms with E-state index in [1.54, 1.807) is 29.6 Å². The van der Waals surface area contributed by atoms with Gasteiger partial charge in [0.25, 0.3) is 0 Å². The number of esters is 1. The van der Waals surface area contributed by atoms with Crippen LogP contribution in [0.1, 0.15) is 5.69 Å². The number of aromatic nitrogens is 1. The molecule has 0 amide bonds. The highest BCUT2D eigenvalue weighted by molar-refractivity contribution is 7.13. The zero-order valence-electron chi connectivity index (χ0n) is 15.1. The van der Waals surface area contributed by atoms with Gasteiger partial charge in [-0.1, -0.05) is 18.2 Å². The molecule has 146 valence electrons. The number of hydrogen-bond acceptors (Lipinski definition) is 7. The highest BCUT2D eigenvalue weighted by Crippen LogP contribution is 2.25. The molecule has 0 atom stereocenters. The molecule has 0 fully saturated rings. The second-order valence-corrected chi connectivity index (χ2v) is 6.99. The van der Waals surface area contributed by atoms with E-state index in [1.807, 2.05) is 18.2 Å². The van der Waals surface area contributed by atoms with Crippen molar-refractivity contribution < 1.29 is 23.5 Å². The largest absolute Gasteiger partial charge is 0.470 e. The summed E-state index contributed by atoms with van der Waals surface area (Å²) >= 11 is 1.35. The van der Waals surface area contributed by atoms with Crippen LogP contribution in [-0.2, 0) is 25.7 Å². The maximum absolute atomic E-state index is 13.0. The van der Waals surface area contributed by atoms with E-state index in [0.29, 0.717) is 16.4 Å². The lowest BCUT2D eigenvalue weighted by Crippen LogP contribution is -2.16. The van der Waals surface area contributed by atoms with Gasteiger partial charge >= 0.3 is 5.97 Å². The van der Waals surface area contributed by atoms with Gasteiger partial charge in [-0.05, 0) is 36.4 Å². The average molecular weight is 410 g/mol. The Balaban J connectivity index is 1.44. The van der Waals surface area contributed by atoms with Crippen molar-refractivity contribution in [2.24, 2.45) is 0 Å². The average Bonchev–Trinajstić information content (AvgIpc) is 3.34. The number of halogens is 1. The number of Topliss-reactive ketones (excluding diaryl/α,β-unsaturated/α-hetero) is 1. The second-order valence-electron chi connectivity index (χ2n) is 6.13. The van der Waals surface area contributed by atoms with Crippen LogP contribution in [0.2, 0.25) is 0 Å². The lowest BCUT2D eigenvalue weighted by Gasteiger charge is -2.08. The third kappa shape index (κ3) is 4.33. The van der Waals surface area contributed by atoms with E-state index >= 15 is 0 Å². The van der Waals surface area contributed by atoms with Crippen LogP contribution in [0.5, 0.6) is 0 Å². The van der Waals surface area contributed by atoms with Crippen molar-refractivity contribution in [2.75, 3.05) is 11.9 Å². The molecule has 0 aliphatic carbocycles. The molecule has 0 unspecified atom stereocenters. The van der Waals surface area contributed by atoms with E-state index in [0.717, 1.165) is 5.56 Å². The molecular weight excluding hydrogens is 395 g/mol. The normalized spacial score (nSPS) is 13.3. The Morgan fingerprint density at radius 1 is 1.17 bits per heavy atom. The minimum absolute atomic E-state index is 0.0801. The molecule has 1 N–H and O–H groups in total. The molecule has 1 aliphatic heterocycles. The summed E-state index contributed by atoms with van der Waals surface area (Å²) in [7, 11) is 0. The zero-order chi connectivity index (χ0) is 20.2. The molecule has 2 heterocycles. The number of ketones is 1. The van der Waals surface area contributed by atoms with Gasteiger partial charge in [-0.15, -0.1) is 11.3 Å². The molecule has 3 aromatic rings. The number of thiazole rings is 1. The Hall–Kier alpha value is -3.52. The number of carbonyl (C=O) groups excluding carboxylic acids is 2. The molecule has 1 aromatic heterocycles. The Kier molecular flexibility index (Phi) is 5.35. The van der Waals surface area contributed by atoms with Gasteiger partial charge in [0.15, 0.2) is 12.2 Å².